The molecule has 0 aromatic heterocycles. The fourth-order valence-corrected chi connectivity index (χ4v) is 1.00. The summed E-state index contributed by atoms with van der Waals surface area (Å²) >= 11 is 1.73. The number of halogens is 1. The number of hydrogen-bond donors (Lipinski definition) is 1. The van der Waals surface area contributed by atoms with Gasteiger partial charge < -0.3 is 5.32 Å². The molecule has 0 saturated carbocycles. The van der Waals surface area contributed by atoms with Crippen molar-refractivity contribution in [1.29, 1.82) is 0 Å². The summed E-state index contributed by atoms with van der Waals surface area (Å²) in [6.07, 6.45) is 3.89. The van der Waals surface area contributed by atoms with E-state index >= 15 is 0 Å². The summed E-state index contributed by atoms with van der Waals surface area (Å²) in [5.41, 5.74) is 1.02. The zero-order chi connectivity index (χ0) is 7.98. The number of carbonyl (C=O) groups is 1. The number of allylic oxidation sites excluding steroid dienone is 2. The molecule has 0 aliphatic heterocycles. The first-order valence-corrected chi connectivity index (χ1v) is 4.44. The second-order valence-electron chi connectivity index (χ2n) is 1.89. The van der Waals surface area contributed by atoms with Gasteiger partial charge in [0.15, 0.2) is 0 Å². The monoisotopic (exact) mass is 253 g/mol. The Balaban J connectivity index is 3.83. The molecule has 2 nitrogen and oxygen atoms in total. The molecular weight excluding hydrogens is 241 g/mol. The van der Waals surface area contributed by atoms with E-state index in [4.69, 9.17) is 0 Å². The van der Waals surface area contributed by atoms with Crippen LogP contribution in [0.4, 0.5) is 4.79 Å². The Kier molecular flexibility index (Phi) is 5.67. The van der Waals surface area contributed by atoms with Crippen LogP contribution in [-0.4, -0.2) is 3.91 Å². The minimum Gasteiger partial charge on any atom is -0.322 e. The highest BCUT2D eigenvalue weighted by molar-refractivity contribution is 14.1. The Morgan fingerprint density at radius 3 is 2.50 bits per heavy atom. The van der Waals surface area contributed by atoms with Gasteiger partial charge in [-0.25, -0.2) is 0 Å². The highest BCUT2D eigenvalue weighted by atomic mass is 127. The van der Waals surface area contributed by atoms with Crippen LogP contribution in [0.15, 0.2) is 11.8 Å². The van der Waals surface area contributed by atoms with Gasteiger partial charge in [0.1, 0.15) is 0 Å². The zero-order valence-electron chi connectivity index (χ0n) is 6.28. The summed E-state index contributed by atoms with van der Waals surface area (Å²) in [7, 11) is 0. The van der Waals surface area contributed by atoms with Gasteiger partial charge in [-0.2, -0.15) is 0 Å². The van der Waals surface area contributed by atoms with Crippen molar-refractivity contribution < 1.29 is 4.79 Å². The van der Waals surface area contributed by atoms with Crippen molar-refractivity contribution in [1.82, 2.24) is 5.32 Å². The van der Waals surface area contributed by atoms with Crippen LogP contribution in [0.5, 0.6) is 0 Å². The van der Waals surface area contributed by atoms with E-state index in [0.29, 0.717) is 0 Å². The van der Waals surface area contributed by atoms with Gasteiger partial charge >= 0.3 is 0 Å². The van der Waals surface area contributed by atoms with Crippen molar-refractivity contribution in [3.63, 3.8) is 0 Å². The largest absolute Gasteiger partial charge is 0.322 e. The molecule has 1 N–H and O–H groups in total. The number of hydrogen-bond acceptors (Lipinski definition) is 1. The number of rotatable bonds is 3. The van der Waals surface area contributed by atoms with Crippen LogP contribution < -0.4 is 5.32 Å². The summed E-state index contributed by atoms with van der Waals surface area (Å²) in [5.74, 6) is 0. The maximum absolute atomic E-state index is 10.5. The van der Waals surface area contributed by atoms with Crippen LogP contribution in [0.3, 0.4) is 0 Å². The highest BCUT2D eigenvalue weighted by Crippen LogP contribution is 1.99. The first-order chi connectivity index (χ1) is 4.70. The highest BCUT2D eigenvalue weighted by Gasteiger charge is 1.95. The molecule has 1 amide bonds. The minimum absolute atomic E-state index is 0.0147. The third-order valence-corrected chi connectivity index (χ3v) is 1.36. The standard InChI is InChI=1S/C7H12INO/c1-3-5-6(4-2)9-7(8)10/h5H,3-4H2,1-2H3,(H,9,10)/b6-5+. The first-order valence-electron chi connectivity index (χ1n) is 3.36. The predicted octanol–water partition coefficient (Wildman–Crippen LogP) is 2.83. The molecule has 58 valence electrons. The maximum Gasteiger partial charge on any atom is 0.284 e. The third kappa shape index (κ3) is 4.78. The molecule has 0 aliphatic rings. The van der Waals surface area contributed by atoms with Gasteiger partial charge in [-0.05, 0) is 12.8 Å². The smallest absolute Gasteiger partial charge is 0.284 e. The lowest BCUT2D eigenvalue weighted by Gasteiger charge is -2.01. The van der Waals surface area contributed by atoms with Crippen LogP contribution in [0.2, 0.25) is 0 Å². The number of nitrogens with one attached hydrogen (secondary N) is 1. The molecule has 0 bridgehead atoms. The van der Waals surface area contributed by atoms with Gasteiger partial charge in [0.2, 0.25) is 0 Å². The number of carbonyl (C=O) groups excluding carboxylic acids is 1. The quantitative estimate of drug-likeness (QED) is 0.467. The van der Waals surface area contributed by atoms with Crippen LogP contribution in [-0.2, 0) is 0 Å². The van der Waals surface area contributed by atoms with Crippen LogP contribution in [0, 0.1) is 0 Å². The molecule has 0 rings (SSSR count). The second kappa shape index (κ2) is 5.70. The molecule has 0 aromatic carbocycles. The Morgan fingerprint density at radius 1 is 1.60 bits per heavy atom. The average Bonchev–Trinajstić information content (AvgIpc) is 1.86. The number of amides is 1. The summed E-state index contributed by atoms with van der Waals surface area (Å²) in [6.45, 7) is 4.07. The SMILES string of the molecule is CC/C=C(\CC)NC(=O)I. The summed E-state index contributed by atoms with van der Waals surface area (Å²) in [6, 6.07) is 0. The van der Waals surface area contributed by atoms with E-state index in [9.17, 15) is 4.79 Å². The van der Waals surface area contributed by atoms with Crippen molar-refractivity contribution >= 4 is 26.5 Å². The molecule has 0 aliphatic carbocycles. The van der Waals surface area contributed by atoms with E-state index in [-0.39, 0.29) is 3.91 Å². The molecule has 0 heterocycles. The van der Waals surface area contributed by atoms with Crippen molar-refractivity contribution in [3.8, 4) is 0 Å². The van der Waals surface area contributed by atoms with Crippen molar-refractivity contribution in [2.24, 2.45) is 0 Å². The van der Waals surface area contributed by atoms with Crippen LogP contribution in [0.1, 0.15) is 26.7 Å². The molecule has 0 fully saturated rings. The van der Waals surface area contributed by atoms with Crippen LogP contribution >= 0.6 is 22.6 Å². The van der Waals surface area contributed by atoms with Gasteiger partial charge in [0.05, 0.1) is 0 Å². The van der Waals surface area contributed by atoms with E-state index in [1.165, 1.54) is 0 Å². The Morgan fingerprint density at radius 2 is 2.20 bits per heavy atom. The topological polar surface area (TPSA) is 29.1 Å². The van der Waals surface area contributed by atoms with Gasteiger partial charge in [-0.3, -0.25) is 4.79 Å². The van der Waals surface area contributed by atoms with Crippen molar-refractivity contribution in [3.05, 3.63) is 11.8 Å². The Labute approximate surface area is 75.2 Å². The molecule has 0 aromatic rings. The van der Waals surface area contributed by atoms with Gasteiger partial charge in [0.25, 0.3) is 3.91 Å². The molecule has 0 saturated heterocycles. The van der Waals surface area contributed by atoms with E-state index in [0.717, 1.165) is 18.5 Å². The summed E-state index contributed by atoms with van der Waals surface area (Å²) in [4.78, 5) is 10.5. The lowest BCUT2D eigenvalue weighted by molar-refractivity contribution is 0.264. The minimum atomic E-state index is -0.0147. The molecule has 3 heteroatoms. The maximum atomic E-state index is 10.5. The Hall–Kier alpha value is -0.0600. The first kappa shape index (κ1) is 9.94. The van der Waals surface area contributed by atoms with Crippen LogP contribution in [0.25, 0.3) is 0 Å². The average molecular weight is 253 g/mol. The molecule has 0 unspecified atom stereocenters. The second-order valence-corrected chi connectivity index (χ2v) is 2.87. The lowest BCUT2D eigenvalue weighted by Crippen LogP contribution is -2.14. The molecule has 0 radical (unpaired) electrons. The van der Waals surface area contributed by atoms with Gasteiger partial charge in [-0.1, -0.05) is 19.9 Å². The fraction of sp³-hybridized carbons (Fsp3) is 0.571. The summed E-state index contributed by atoms with van der Waals surface area (Å²) < 4.78 is -0.0147. The van der Waals surface area contributed by atoms with Crippen molar-refractivity contribution in [2.45, 2.75) is 26.7 Å². The normalized spacial score (nSPS) is 11.3. The molecule has 0 spiro atoms. The Bertz CT molecular complexity index is 143. The van der Waals surface area contributed by atoms with Gasteiger partial charge in [0, 0.05) is 28.3 Å². The summed E-state index contributed by atoms with van der Waals surface area (Å²) in [5, 5.41) is 2.74. The molecule has 0 atom stereocenters. The predicted molar refractivity (Wildman–Crippen MR) is 51.2 cm³/mol. The van der Waals surface area contributed by atoms with E-state index in [1.54, 1.807) is 22.6 Å². The fourth-order valence-electron chi connectivity index (χ4n) is 0.656. The van der Waals surface area contributed by atoms with E-state index in [2.05, 4.69) is 12.2 Å². The van der Waals surface area contributed by atoms with Crippen molar-refractivity contribution in [2.75, 3.05) is 0 Å². The third-order valence-electron chi connectivity index (χ3n) is 1.09. The van der Waals surface area contributed by atoms with E-state index in [1.807, 2.05) is 13.0 Å². The zero-order valence-corrected chi connectivity index (χ0v) is 8.44. The van der Waals surface area contributed by atoms with Gasteiger partial charge in [-0.15, -0.1) is 0 Å². The molecule has 10 heavy (non-hydrogen) atoms. The van der Waals surface area contributed by atoms with E-state index < -0.39 is 0 Å². The molecular formula is C7H12INO. The lowest BCUT2D eigenvalue weighted by atomic mass is 10.3.